The third-order valence-electron chi connectivity index (χ3n) is 3.81. The summed E-state index contributed by atoms with van der Waals surface area (Å²) in [5, 5.41) is 0. The zero-order valence-electron chi connectivity index (χ0n) is 8.59. The highest BCUT2D eigenvalue weighted by Crippen LogP contribution is 2.44. The molecule has 2 fully saturated rings. The number of hydrogen-bond donors (Lipinski definition) is 0. The number of hydrogen-bond acceptors (Lipinski definition) is 1. The van der Waals surface area contributed by atoms with Crippen molar-refractivity contribution in [3.63, 3.8) is 0 Å². The van der Waals surface area contributed by atoms with Crippen molar-refractivity contribution in [2.24, 2.45) is 5.92 Å². The van der Waals surface area contributed by atoms with E-state index in [1.807, 2.05) is 0 Å². The predicted molar refractivity (Wildman–Crippen MR) is 52.2 cm³/mol. The molecule has 3 atom stereocenters. The van der Waals surface area contributed by atoms with Crippen LogP contribution < -0.4 is 0 Å². The van der Waals surface area contributed by atoms with E-state index in [0.29, 0.717) is 0 Å². The third kappa shape index (κ3) is 1.10. The lowest BCUT2D eigenvalue weighted by Gasteiger charge is -2.37. The first-order chi connectivity index (χ1) is 5.74. The van der Waals surface area contributed by atoms with Gasteiger partial charge in [0.15, 0.2) is 0 Å². The Morgan fingerprint density at radius 3 is 2.58 bits per heavy atom. The lowest BCUT2D eigenvalue weighted by Crippen LogP contribution is -2.44. The molecule has 0 N–H and O–H groups in total. The van der Waals surface area contributed by atoms with Gasteiger partial charge in [0, 0.05) is 18.1 Å². The van der Waals surface area contributed by atoms with Gasteiger partial charge in [-0.15, -0.1) is 0 Å². The van der Waals surface area contributed by atoms with Crippen molar-refractivity contribution >= 4 is 0 Å². The van der Waals surface area contributed by atoms with Crippen LogP contribution in [0.2, 0.25) is 0 Å². The molecule has 0 spiro atoms. The Balaban J connectivity index is 2.11. The zero-order chi connectivity index (χ0) is 8.72. The summed E-state index contributed by atoms with van der Waals surface area (Å²) in [7, 11) is 0. The molecule has 1 aliphatic heterocycles. The molecular weight excluding hydrogens is 146 g/mol. The minimum atomic E-state index is 0.769. The van der Waals surface area contributed by atoms with E-state index in [1.54, 1.807) is 0 Å². The van der Waals surface area contributed by atoms with Gasteiger partial charge in [0.05, 0.1) is 0 Å². The highest BCUT2D eigenvalue weighted by atomic mass is 15.2. The van der Waals surface area contributed by atoms with E-state index >= 15 is 0 Å². The fourth-order valence-electron chi connectivity index (χ4n) is 3.47. The predicted octanol–water partition coefficient (Wildman–Crippen LogP) is 2.66. The van der Waals surface area contributed by atoms with E-state index in [0.717, 1.165) is 24.0 Å². The average Bonchev–Trinajstić information content (AvgIpc) is 2.60. The molecule has 0 amide bonds. The Labute approximate surface area is 76.1 Å². The number of nitrogens with zero attached hydrogens (tertiary/aromatic N) is 1. The van der Waals surface area contributed by atoms with Crippen LogP contribution in [0.4, 0.5) is 0 Å². The summed E-state index contributed by atoms with van der Waals surface area (Å²) in [5.41, 5.74) is 0. The standard InChI is InChI=1S/C11H21N/c1-4-11-9-5-6-10(7-9)12(11)8(2)3/h8-11H,4-7H2,1-3H3/t9?,10?,11-/m1/s1. The molecule has 2 rings (SSSR count). The Bertz CT molecular complexity index is 164. The summed E-state index contributed by atoms with van der Waals surface area (Å²) in [6.45, 7) is 7.05. The molecule has 2 unspecified atom stereocenters. The van der Waals surface area contributed by atoms with Crippen molar-refractivity contribution in [3.8, 4) is 0 Å². The second-order valence-corrected chi connectivity index (χ2v) is 4.74. The van der Waals surface area contributed by atoms with Crippen molar-refractivity contribution in [2.75, 3.05) is 0 Å². The van der Waals surface area contributed by atoms with Crippen LogP contribution in [-0.4, -0.2) is 23.0 Å². The van der Waals surface area contributed by atoms with Crippen LogP contribution in [-0.2, 0) is 0 Å². The fraction of sp³-hybridized carbons (Fsp3) is 1.00. The molecule has 2 aliphatic rings. The lowest BCUT2D eigenvalue weighted by molar-refractivity contribution is 0.0998. The van der Waals surface area contributed by atoms with E-state index < -0.39 is 0 Å². The Kier molecular flexibility index (Phi) is 2.16. The third-order valence-corrected chi connectivity index (χ3v) is 3.81. The molecule has 1 saturated carbocycles. The lowest BCUT2D eigenvalue weighted by atomic mass is 9.96. The molecule has 1 heterocycles. The summed E-state index contributed by atoms with van der Waals surface area (Å²) in [4.78, 5) is 2.77. The molecule has 0 aromatic heterocycles. The monoisotopic (exact) mass is 167 g/mol. The van der Waals surface area contributed by atoms with Crippen LogP contribution in [0.1, 0.15) is 46.5 Å². The summed E-state index contributed by atoms with van der Waals surface area (Å²) in [6.07, 6.45) is 5.84. The zero-order valence-corrected chi connectivity index (χ0v) is 8.59. The highest BCUT2D eigenvalue weighted by molar-refractivity contribution is 4.99. The molecule has 1 saturated heterocycles. The van der Waals surface area contributed by atoms with Gasteiger partial charge in [0.1, 0.15) is 0 Å². The Hall–Kier alpha value is -0.0400. The van der Waals surface area contributed by atoms with Gasteiger partial charge >= 0.3 is 0 Å². The van der Waals surface area contributed by atoms with Crippen LogP contribution >= 0.6 is 0 Å². The highest BCUT2D eigenvalue weighted by Gasteiger charge is 2.45. The molecule has 70 valence electrons. The summed E-state index contributed by atoms with van der Waals surface area (Å²) >= 11 is 0. The Morgan fingerprint density at radius 1 is 1.33 bits per heavy atom. The summed E-state index contributed by atoms with van der Waals surface area (Å²) in [6, 6.07) is 2.63. The number of rotatable bonds is 2. The van der Waals surface area contributed by atoms with Crippen LogP contribution in [0.25, 0.3) is 0 Å². The van der Waals surface area contributed by atoms with E-state index in [-0.39, 0.29) is 0 Å². The van der Waals surface area contributed by atoms with Crippen LogP contribution in [0.15, 0.2) is 0 Å². The molecule has 1 aliphatic carbocycles. The maximum Gasteiger partial charge on any atom is 0.0127 e. The molecule has 2 bridgehead atoms. The van der Waals surface area contributed by atoms with E-state index in [2.05, 4.69) is 25.7 Å². The summed E-state index contributed by atoms with van der Waals surface area (Å²) in [5.74, 6) is 1.04. The minimum absolute atomic E-state index is 0.769. The minimum Gasteiger partial charge on any atom is -0.295 e. The van der Waals surface area contributed by atoms with Crippen molar-refractivity contribution in [1.29, 1.82) is 0 Å². The quantitative estimate of drug-likeness (QED) is 0.611. The summed E-state index contributed by atoms with van der Waals surface area (Å²) < 4.78 is 0. The number of piperidine rings is 1. The van der Waals surface area contributed by atoms with Gasteiger partial charge in [-0.05, 0) is 45.4 Å². The molecule has 12 heavy (non-hydrogen) atoms. The largest absolute Gasteiger partial charge is 0.295 e. The fourth-order valence-corrected chi connectivity index (χ4v) is 3.47. The second-order valence-electron chi connectivity index (χ2n) is 4.74. The molecule has 0 radical (unpaired) electrons. The van der Waals surface area contributed by atoms with Gasteiger partial charge in [0.2, 0.25) is 0 Å². The van der Waals surface area contributed by atoms with Gasteiger partial charge in [0.25, 0.3) is 0 Å². The van der Waals surface area contributed by atoms with Gasteiger partial charge in [-0.3, -0.25) is 4.90 Å². The smallest absolute Gasteiger partial charge is 0.0127 e. The van der Waals surface area contributed by atoms with Gasteiger partial charge in [-0.2, -0.15) is 0 Å². The van der Waals surface area contributed by atoms with E-state index in [9.17, 15) is 0 Å². The maximum atomic E-state index is 2.77. The van der Waals surface area contributed by atoms with Crippen LogP contribution in [0, 0.1) is 5.92 Å². The van der Waals surface area contributed by atoms with E-state index in [4.69, 9.17) is 0 Å². The van der Waals surface area contributed by atoms with Crippen molar-refractivity contribution in [2.45, 2.75) is 64.6 Å². The van der Waals surface area contributed by atoms with Gasteiger partial charge < -0.3 is 0 Å². The molecule has 0 aromatic carbocycles. The number of likely N-dealkylation sites (tertiary alicyclic amines) is 1. The molecule has 1 nitrogen and oxygen atoms in total. The number of fused-ring (bicyclic) bond motifs is 2. The normalized spacial score (nSPS) is 41.5. The van der Waals surface area contributed by atoms with E-state index in [1.165, 1.54) is 25.7 Å². The van der Waals surface area contributed by atoms with Crippen molar-refractivity contribution < 1.29 is 0 Å². The maximum absolute atomic E-state index is 2.77. The molecule has 1 heteroatoms. The molecular formula is C11H21N. The Morgan fingerprint density at radius 2 is 2.08 bits per heavy atom. The van der Waals surface area contributed by atoms with Gasteiger partial charge in [-0.25, -0.2) is 0 Å². The first kappa shape index (κ1) is 8.55. The van der Waals surface area contributed by atoms with Crippen LogP contribution in [0.3, 0.4) is 0 Å². The topological polar surface area (TPSA) is 3.24 Å². The average molecular weight is 167 g/mol. The first-order valence-electron chi connectivity index (χ1n) is 5.51. The first-order valence-corrected chi connectivity index (χ1v) is 5.51. The van der Waals surface area contributed by atoms with Crippen LogP contribution in [0.5, 0.6) is 0 Å². The van der Waals surface area contributed by atoms with Crippen molar-refractivity contribution in [1.82, 2.24) is 4.90 Å². The SMILES string of the molecule is CC[C@@H]1C2CCC(C2)N1C(C)C. The second kappa shape index (κ2) is 3.02. The van der Waals surface area contributed by atoms with Gasteiger partial charge in [-0.1, -0.05) is 6.92 Å². The van der Waals surface area contributed by atoms with Crippen molar-refractivity contribution in [3.05, 3.63) is 0 Å². The molecule has 0 aromatic rings.